The molecule has 0 bridgehead atoms. The third-order valence-corrected chi connectivity index (χ3v) is 6.09. The minimum absolute atomic E-state index is 0.0358. The molecule has 0 aliphatic heterocycles. The van der Waals surface area contributed by atoms with Crippen LogP contribution in [0.1, 0.15) is 41.4 Å². The summed E-state index contributed by atoms with van der Waals surface area (Å²) in [6.07, 6.45) is 8.35. The Morgan fingerprint density at radius 2 is 1.93 bits per heavy atom. The van der Waals surface area contributed by atoms with Crippen molar-refractivity contribution in [1.82, 2.24) is 9.97 Å². The number of thiophene rings is 1. The molecule has 4 rings (SSSR count). The van der Waals surface area contributed by atoms with Gasteiger partial charge in [0, 0.05) is 22.1 Å². The largest absolute Gasteiger partial charge is 0.412 e. The van der Waals surface area contributed by atoms with Crippen molar-refractivity contribution in [3.8, 4) is 10.7 Å². The van der Waals surface area contributed by atoms with Crippen molar-refractivity contribution in [1.29, 1.82) is 0 Å². The number of nitrogens with zero attached hydrogens (tertiary/aromatic N) is 1. The number of aromatic nitrogens is 2. The summed E-state index contributed by atoms with van der Waals surface area (Å²) in [6, 6.07) is 3.96. The highest BCUT2D eigenvalue weighted by Crippen LogP contribution is 2.39. The predicted octanol–water partition coefficient (Wildman–Crippen LogP) is 6.71. The highest BCUT2D eigenvalue weighted by molar-refractivity contribution is 7.16. The van der Waals surface area contributed by atoms with Crippen molar-refractivity contribution in [2.45, 2.75) is 38.3 Å². The van der Waals surface area contributed by atoms with Gasteiger partial charge in [0.2, 0.25) is 0 Å². The fourth-order valence-electron chi connectivity index (χ4n) is 3.45. The molecule has 2 nitrogen and oxygen atoms in total. The lowest BCUT2D eigenvalue weighted by Crippen LogP contribution is -2.13. The molecule has 2 heterocycles. The number of aryl methyl sites for hydroxylation is 1. The van der Waals surface area contributed by atoms with E-state index in [0.717, 1.165) is 39.0 Å². The van der Waals surface area contributed by atoms with Crippen molar-refractivity contribution < 1.29 is 13.2 Å². The van der Waals surface area contributed by atoms with Crippen LogP contribution in [0.25, 0.3) is 16.3 Å². The molecule has 1 N–H and O–H groups in total. The number of hydrogen-bond acceptors (Lipinski definition) is 2. The summed E-state index contributed by atoms with van der Waals surface area (Å²) in [6.45, 7) is 2.03. The van der Waals surface area contributed by atoms with Crippen LogP contribution in [0.15, 0.2) is 54.2 Å². The Labute approximate surface area is 159 Å². The van der Waals surface area contributed by atoms with Gasteiger partial charge in [0.05, 0.1) is 10.6 Å². The molecule has 1 unspecified atom stereocenters. The average molecular weight is 388 g/mol. The van der Waals surface area contributed by atoms with E-state index >= 15 is 0 Å². The van der Waals surface area contributed by atoms with Crippen LogP contribution in [0.4, 0.5) is 13.2 Å². The SMILES string of the molecule is Cc1[nH]c(-c2ccc(C3=CC=C(C(F)(F)F)CC3)s2)nc1C1C=CC=CC1. The van der Waals surface area contributed by atoms with Gasteiger partial charge in [-0.2, -0.15) is 13.2 Å². The summed E-state index contributed by atoms with van der Waals surface area (Å²) < 4.78 is 38.3. The Hall–Kier alpha value is -2.34. The van der Waals surface area contributed by atoms with Gasteiger partial charge in [-0.3, -0.25) is 0 Å². The summed E-state index contributed by atoms with van der Waals surface area (Å²) >= 11 is 1.57. The van der Waals surface area contributed by atoms with E-state index < -0.39 is 11.7 Å². The van der Waals surface area contributed by atoms with E-state index in [1.165, 1.54) is 6.08 Å². The van der Waals surface area contributed by atoms with Gasteiger partial charge in [-0.15, -0.1) is 11.3 Å². The van der Waals surface area contributed by atoms with Gasteiger partial charge < -0.3 is 4.98 Å². The molecule has 2 aliphatic carbocycles. The Balaban J connectivity index is 1.57. The monoisotopic (exact) mass is 388 g/mol. The molecule has 0 radical (unpaired) electrons. The van der Waals surface area contributed by atoms with Crippen LogP contribution in [0.5, 0.6) is 0 Å². The van der Waals surface area contributed by atoms with Gasteiger partial charge >= 0.3 is 6.18 Å². The number of allylic oxidation sites excluding steroid dienone is 8. The lowest BCUT2D eigenvalue weighted by atomic mass is 9.96. The molecular weight excluding hydrogens is 369 g/mol. The molecule has 0 amide bonds. The maximum Gasteiger partial charge on any atom is 0.412 e. The predicted molar refractivity (Wildman–Crippen MR) is 104 cm³/mol. The number of nitrogens with one attached hydrogen (secondary N) is 1. The van der Waals surface area contributed by atoms with E-state index in [4.69, 9.17) is 4.98 Å². The van der Waals surface area contributed by atoms with E-state index in [-0.39, 0.29) is 12.3 Å². The Kier molecular flexibility index (Phi) is 4.68. The van der Waals surface area contributed by atoms with Gasteiger partial charge in [0.25, 0.3) is 0 Å². The quantitative estimate of drug-likeness (QED) is 0.622. The van der Waals surface area contributed by atoms with Crippen LogP contribution in [-0.2, 0) is 0 Å². The first-order valence-electron chi connectivity index (χ1n) is 8.89. The highest BCUT2D eigenvalue weighted by atomic mass is 32.1. The maximum atomic E-state index is 12.8. The molecule has 2 aromatic rings. The number of imidazole rings is 1. The standard InChI is InChI=1S/C21H19F3N2S/c1-13-19(15-5-3-2-4-6-15)26-20(25-13)18-12-11-17(27-18)14-7-9-16(10-8-14)21(22,23)24/h2-5,7,9,11-12,15H,6,8,10H2,1H3,(H,25,26). The van der Waals surface area contributed by atoms with Gasteiger partial charge in [0.15, 0.2) is 0 Å². The molecule has 0 saturated heterocycles. The first-order valence-corrected chi connectivity index (χ1v) is 9.71. The topological polar surface area (TPSA) is 28.7 Å². The van der Waals surface area contributed by atoms with Crippen LogP contribution in [0, 0.1) is 6.92 Å². The van der Waals surface area contributed by atoms with E-state index in [9.17, 15) is 13.2 Å². The molecule has 0 fully saturated rings. The summed E-state index contributed by atoms with van der Waals surface area (Å²) in [5.41, 5.74) is 2.60. The molecule has 2 aliphatic rings. The first-order chi connectivity index (χ1) is 12.9. The van der Waals surface area contributed by atoms with E-state index in [2.05, 4.69) is 17.1 Å². The molecule has 140 valence electrons. The molecule has 0 aromatic carbocycles. The Morgan fingerprint density at radius 3 is 2.59 bits per heavy atom. The normalized spacial score (nSPS) is 19.9. The molecule has 1 atom stereocenters. The molecule has 6 heteroatoms. The average Bonchev–Trinajstić information content (AvgIpc) is 3.29. The van der Waals surface area contributed by atoms with Crippen LogP contribution in [0.2, 0.25) is 0 Å². The molecule has 0 saturated carbocycles. The zero-order valence-electron chi connectivity index (χ0n) is 14.8. The fourth-order valence-corrected chi connectivity index (χ4v) is 4.46. The second-order valence-electron chi connectivity index (χ2n) is 6.80. The molecule has 2 aromatic heterocycles. The minimum Gasteiger partial charge on any atom is -0.341 e. The van der Waals surface area contributed by atoms with Crippen LogP contribution >= 0.6 is 11.3 Å². The highest BCUT2D eigenvalue weighted by Gasteiger charge is 2.33. The van der Waals surface area contributed by atoms with E-state index in [1.807, 2.05) is 31.2 Å². The summed E-state index contributed by atoms with van der Waals surface area (Å²) in [5.74, 6) is 1.11. The smallest absolute Gasteiger partial charge is 0.341 e. The van der Waals surface area contributed by atoms with E-state index in [1.54, 1.807) is 17.4 Å². The number of rotatable bonds is 3. The molecule has 27 heavy (non-hydrogen) atoms. The van der Waals surface area contributed by atoms with Crippen LogP contribution < -0.4 is 0 Å². The lowest BCUT2D eigenvalue weighted by molar-refractivity contribution is -0.0939. The number of hydrogen-bond donors (Lipinski definition) is 1. The van der Waals surface area contributed by atoms with Gasteiger partial charge in [-0.25, -0.2) is 4.98 Å². The van der Waals surface area contributed by atoms with Crippen molar-refractivity contribution in [2.75, 3.05) is 0 Å². The fraction of sp³-hybridized carbons (Fsp3) is 0.286. The maximum absolute atomic E-state index is 12.8. The molecular formula is C21H19F3N2S. The third-order valence-electron chi connectivity index (χ3n) is 4.92. The minimum atomic E-state index is -4.23. The zero-order valence-corrected chi connectivity index (χ0v) is 15.6. The first kappa shape index (κ1) is 18.0. The summed E-state index contributed by atoms with van der Waals surface area (Å²) in [7, 11) is 0. The Morgan fingerprint density at radius 1 is 1.11 bits per heavy atom. The van der Waals surface area contributed by atoms with Gasteiger partial charge in [0.1, 0.15) is 5.82 Å². The number of halogens is 3. The second-order valence-corrected chi connectivity index (χ2v) is 7.88. The van der Waals surface area contributed by atoms with E-state index in [0.29, 0.717) is 6.42 Å². The summed E-state index contributed by atoms with van der Waals surface area (Å²) in [4.78, 5) is 10.2. The number of H-pyrrole nitrogens is 1. The zero-order chi connectivity index (χ0) is 19.0. The Bertz CT molecular complexity index is 970. The number of alkyl halides is 3. The lowest BCUT2D eigenvalue weighted by Gasteiger charge is -2.16. The van der Waals surface area contributed by atoms with Crippen molar-refractivity contribution in [3.63, 3.8) is 0 Å². The second kappa shape index (κ2) is 7.00. The van der Waals surface area contributed by atoms with Gasteiger partial charge in [-0.1, -0.05) is 36.5 Å². The van der Waals surface area contributed by atoms with Crippen molar-refractivity contribution >= 4 is 16.9 Å². The van der Waals surface area contributed by atoms with Gasteiger partial charge in [-0.05, 0) is 43.9 Å². The summed E-state index contributed by atoms with van der Waals surface area (Å²) in [5, 5.41) is 0. The van der Waals surface area contributed by atoms with Crippen LogP contribution in [-0.4, -0.2) is 16.1 Å². The van der Waals surface area contributed by atoms with Crippen molar-refractivity contribution in [3.05, 3.63) is 70.4 Å². The van der Waals surface area contributed by atoms with Crippen molar-refractivity contribution in [2.24, 2.45) is 0 Å². The van der Waals surface area contributed by atoms with Crippen LogP contribution in [0.3, 0.4) is 0 Å². The third kappa shape index (κ3) is 3.72. The number of aromatic amines is 1. The molecule has 0 spiro atoms.